The van der Waals surface area contributed by atoms with Gasteiger partial charge in [0, 0.05) is 18.4 Å². The summed E-state index contributed by atoms with van der Waals surface area (Å²) in [4.78, 5) is 11.3. The molecular weight excluding hydrogens is 164 g/mol. The van der Waals surface area contributed by atoms with E-state index in [9.17, 15) is 4.79 Å². The fourth-order valence-electron chi connectivity index (χ4n) is 0.796. The molecule has 0 bridgehead atoms. The third-order valence-electron chi connectivity index (χ3n) is 1.68. The molecule has 0 aliphatic carbocycles. The standard InChI is InChI=1S/C10H18N2O/c1-10(2,3)9(13)12-8-6-4-5-7-11/h4-6,8H2,1-3H3,(H,12,13). The van der Waals surface area contributed by atoms with Crippen LogP contribution in [0.5, 0.6) is 0 Å². The van der Waals surface area contributed by atoms with Gasteiger partial charge < -0.3 is 5.32 Å². The predicted molar refractivity (Wildman–Crippen MR) is 51.9 cm³/mol. The number of nitriles is 1. The highest BCUT2D eigenvalue weighted by Gasteiger charge is 2.19. The summed E-state index contributed by atoms with van der Waals surface area (Å²) in [5, 5.41) is 11.1. The Bertz CT molecular complexity index is 198. The third-order valence-corrected chi connectivity index (χ3v) is 1.68. The van der Waals surface area contributed by atoms with Crippen LogP contribution in [0, 0.1) is 16.7 Å². The Balaban J connectivity index is 3.45. The van der Waals surface area contributed by atoms with Crippen molar-refractivity contribution in [2.45, 2.75) is 40.0 Å². The second-order valence-electron chi connectivity index (χ2n) is 4.12. The smallest absolute Gasteiger partial charge is 0.225 e. The predicted octanol–water partition coefficient (Wildman–Crippen LogP) is 1.84. The summed E-state index contributed by atoms with van der Waals surface area (Å²) in [5.41, 5.74) is -0.310. The van der Waals surface area contributed by atoms with Crippen molar-refractivity contribution in [3.63, 3.8) is 0 Å². The molecule has 3 nitrogen and oxygen atoms in total. The number of rotatable bonds is 4. The van der Waals surface area contributed by atoms with Crippen molar-refractivity contribution in [1.82, 2.24) is 5.32 Å². The summed E-state index contributed by atoms with van der Waals surface area (Å²) in [6.45, 7) is 6.34. The lowest BCUT2D eigenvalue weighted by atomic mass is 9.96. The van der Waals surface area contributed by atoms with Crippen LogP contribution in [0.1, 0.15) is 40.0 Å². The van der Waals surface area contributed by atoms with Gasteiger partial charge in [-0.25, -0.2) is 0 Å². The van der Waals surface area contributed by atoms with E-state index in [2.05, 4.69) is 11.4 Å². The molecule has 0 aromatic carbocycles. The van der Waals surface area contributed by atoms with Crippen LogP contribution in [0.4, 0.5) is 0 Å². The minimum absolute atomic E-state index is 0.0736. The van der Waals surface area contributed by atoms with E-state index >= 15 is 0 Å². The lowest BCUT2D eigenvalue weighted by Crippen LogP contribution is -2.35. The molecule has 0 rings (SSSR count). The Morgan fingerprint density at radius 1 is 1.38 bits per heavy atom. The Morgan fingerprint density at radius 2 is 2.00 bits per heavy atom. The normalized spacial score (nSPS) is 10.6. The molecule has 0 spiro atoms. The van der Waals surface area contributed by atoms with E-state index in [1.54, 1.807) is 0 Å². The van der Waals surface area contributed by atoms with E-state index < -0.39 is 0 Å². The summed E-state index contributed by atoms with van der Waals surface area (Å²) in [6.07, 6.45) is 2.32. The summed E-state index contributed by atoms with van der Waals surface area (Å²) in [6, 6.07) is 2.07. The molecule has 3 heteroatoms. The van der Waals surface area contributed by atoms with Gasteiger partial charge in [0.1, 0.15) is 0 Å². The molecule has 0 heterocycles. The largest absolute Gasteiger partial charge is 0.356 e. The van der Waals surface area contributed by atoms with E-state index in [1.165, 1.54) is 0 Å². The van der Waals surface area contributed by atoms with Crippen LogP contribution in [0.15, 0.2) is 0 Å². The summed E-state index contributed by atoms with van der Waals surface area (Å²) >= 11 is 0. The minimum atomic E-state index is -0.310. The SMILES string of the molecule is CC(C)(C)C(=O)NCCCCC#N. The molecule has 0 fully saturated rings. The molecule has 0 saturated carbocycles. The number of nitrogens with zero attached hydrogens (tertiary/aromatic N) is 1. The number of nitrogens with one attached hydrogen (secondary N) is 1. The molecule has 0 radical (unpaired) electrons. The fraction of sp³-hybridized carbons (Fsp3) is 0.800. The van der Waals surface area contributed by atoms with Crippen molar-refractivity contribution < 1.29 is 4.79 Å². The highest BCUT2D eigenvalue weighted by molar-refractivity contribution is 5.81. The molecule has 1 amide bonds. The average molecular weight is 182 g/mol. The Morgan fingerprint density at radius 3 is 2.46 bits per heavy atom. The Kier molecular flexibility index (Phi) is 5.13. The number of amides is 1. The first kappa shape index (κ1) is 12.0. The molecule has 0 atom stereocenters. The summed E-state index contributed by atoms with van der Waals surface area (Å²) < 4.78 is 0. The van der Waals surface area contributed by atoms with Gasteiger partial charge in [-0.15, -0.1) is 0 Å². The zero-order chi connectivity index (χ0) is 10.3. The van der Waals surface area contributed by atoms with E-state index in [0.29, 0.717) is 13.0 Å². The van der Waals surface area contributed by atoms with Crippen molar-refractivity contribution in [3.8, 4) is 6.07 Å². The van der Waals surface area contributed by atoms with Crippen LogP contribution < -0.4 is 5.32 Å². The van der Waals surface area contributed by atoms with E-state index in [1.807, 2.05) is 20.8 Å². The molecule has 0 aromatic heterocycles. The van der Waals surface area contributed by atoms with Crippen LogP contribution >= 0.6 is 0 Å². The Hall–Kier alpha value is -1.04. The first-order valence-corrected chi connectivity index (χ1v) is 4.63. The quantitative estimate of drug-likeness (QED) is 0.674. The van der Waals surface area contributed by atoms with E-state index in [0.717, 1.165) is 12.8 Å². The van der Waals surface area contributed by atoms with Crippen molar-refractivity contribution in [2.75, 3.05) is 6.54 Å². The van der Waals surface area contributed by atoms with Gasteiger partial charge in [0.15, 0.2) is 0 Å². The molecule has 0 aliphatic rings. The molecule has 0 saturated heterocycles. The first-order valence-electron chi connectivity index (χ1n) is 4.63. The Labute approximate surface area is 80.1 Å². The van der Waals surface area contributed by atoms with Crippen molar-refractivity contribution in [3.05, 3.63) is 0 Å². The van der Waals surface area contributed by atoms with Gasteiger partial charge in [-0.3, -0.25) is 4.79 Å². The molecule has 0 aliphatic heterocycles. The lowest BCUT2D eigenvalue weighted by molar-refractivity contribution is -0.128. The van der Waals surface area contributed by atoms with Crippen molar-refractivity contribution in [1.29, 1.82) is 5.26 Å². The average Bonchev–Trinajstić information content (AvgIpc) is 2.02. The number of carbonyl (C=O) groups excluding carboxylic acids is 1. The maximum absolute atomic E-state index is 11.3. The summed E-state index contributed by atoms with van der Waals surface area (Å²) in [5.74, 6) is 0.0736. The van der Waals surface area contributed by atoms with E-state index in [4.69, 9.17) is 5.26 Å². The van der Waals surface area contributed by atoms with E-state index in [-0.39, 0.29) is 11.3 Å². The van der Waals surface area contributed by atoms with Crippen molar-refractivity contribution >= 4 is 5.91 Å². The highest BCUT2D eigenvalue weighted by atomic mass is 16.2. The molecule has 0 aromatic rings. The third kappa shape index (κ3) is 6.15. The molecule has 0 unspecified atom stereocenters. The van der Waals surface area contributed by atoms with Crippen LogP contribution in [0.2, 0.25) is 0 Å². The minimum Gasteiger partial charge on any atom is -0.356 e. The van der Waals surface area contributed by atoms with Gasteiger partial charge in [-0.1, -0.05) is 20.8 Å². The van der Waals surface area contributed by atoms with Crippen molar-refractivity contribution in [2.24, 2.45) is 5.41 Å². The highest BCUT2D eigenvalue weighted by Crippen LogP contribution is 2.12. The molecule has 1 N–H and O–H groups in total. The van der Waals surface area contributed by atoms with Gasteiger partial charge in [0.05, 0.1) is 6.07 Å². The molecule has 74 valence electrons. The number of carbonyl (C=O) groups is 1. The zero-order valence-electron chi connectivity index (χ0n) is 8.68. The molecular formula is C10H18N2O. The summed E-state index contributed by atoms with van der Waals surface area (Å²) in [7, 11) is 0. The van der Waals surface area contributed by atoms with Gasteiger partial charge >= 0.3 is 0 Å². The van der Waals surface area contributed by atoms with Crippen LogP contribution in [0.25, 0.3) is 0 Å². The first-order chi connectivity index (χ1) is 5.98. The maximum Gasteiger partial charge on any atom is 0.225 e. The second kappa shape index (κ2) is 5.58. The monoisotopic (exact) mass is 182 g/mol. The fourth-order valence-corrected chi connectivity index (χ4v) is 0.796. The van der Waals surface area contributed by atoms with Gasteiger partial charge in [-0.05, 0) is 12.8 Å². The van der Waals surface area contributed by atoms with Crippen LogP contribution in [-0.2, 0) is 4.79 Å². The van der Waals surface area contributed by atoms with Gasteiger partial charge in [0.25, 0.3) is 0 Å². The number of hydrogen-bond acceptors (Lipinski definition) is 2. The van der Waals surface area contributed by atoms with Crippen LogP contribution in [0.3, 0.4) is 0 Å². The van der Waals surface area contributed by atoms with Gasteiger partial charge in [0.2, 0.25) is 5.91 Å². The number of hydrogen-bond donors (Lipinski definition) is 1. The second-order valence-corrected chi connectivity index (χ2v) is 4.12. The van der Waals surface area contributed by atoms with Gasteiger partial charge in [-0.2, -0.15) is 5.26 Å². The molecule has 13 heavy (non-hydrogen) atoms. The number of unbranched alkanes of at least 4 members (excludes halogenated alkanes) is 2. The topological polar surface area (TPSA) is 52.9 Å². The maximum atomic E-state index is 11.3. The van der Waals surface area contributed by atoms with Crippen LogP contribution in [-0.4, -0.2) is 12.5 Å². The lowest BCUT2D eigenvalue weighted by Gasteiger charge is -2.17. The zero-order valence-corrected chi connectivity index (χ0v) is 8.68.